The Morgan fingerprint density at radius 3 is 2.00 bits per heavy atom. The predicted molar refractivity (Wildman–Crippen MR) is 76.4 cm³/mol. The molecule has 20 heavy (non-hydrogen) atoms. The molecular formula is C17H22O3. The molecule has 3 rings (SSSR count). The Labute approximate surface area is 119 Å². The lowest BCUT2D eigenvalue weighted by Gasteiger charge is -2.28. The fraction of sp³-hybridized carbons (Fsp3) is 0.647. The lowest BCUT2D eigenvalue weighted by Crippen LogP contribution is -2.31. The summed E-state index contributed by atoms with van der Waals surface area (Å²) in [5.41, 5.74) is 1.81. The Morgan fingerprint density at radius 1 is 0.750 bits per heavy atom. The number of aliphatic hydroxyl groups excluding tert-OH is 1. The lowest BCUT2D eigenvalue weighted by atomic mass is 9.75. The van der Waals surface area contributed by atoms with Crippen LogP contribution in [-0.2, 0) is 9.59 Å². The number of rotatable bonds is 1. The van der Waals surface area contributed by atoms with Crippen LogP contribution in [0.15, 0.2) is 22.5 Å². The Balaban J connectivity index is 2.00. The third-order valence-electron chi connectivity index (χ3n) is 5.00. The fourth-order valence-electron chi connectivity index (χ4n) is 3.89. The first-order valence-electron chi connectivity index (χ1n) is 7.94. The van der Waals surface area contributed by atoms with Crippen molar-refractivity contribution in [1.29, 1.82) is 0 Å². The van der Waals surface area contributed by atoms with Crippen LogP contribution >= 0.6 is 0 Å². The number of ketones is 2. The van der Waals surface area contributed by atoms with Gasteiger partial charge in [0.05, 0.1) is 0 Å². The molecule has 0 saturated heterocycles. The van der Waals surface area contributed by atoms with Crippen LogP contribution < -0.4 is 0 Å². The molecule has 0 aromatic heterocycles. The number of hydrogen-bond donors (Lipinski definition) is 1. The molecule has 1 saturated carbocycles. The minimum Gasteiger partial charge on any atom is -0.507 e. The van der Waals surface area contributed by atoms with E-state index in [1.807, 2.05) is 0 Å². The molecule has 3 heteroatoms. The standard InChI is InChI=1S/C17H22O3/c18-15-12-9-5-6-10-13(12)16(19)17(20)14(15)11-7-3-1-2-4-8-11/h11,18H,1-10H2. The summed E-state index contributed by atoms with van der Waals surface area (Å²) in [6.45, 7) is 0. The summed E-state index contributed by atoms with van der Waals surface area (Å²) in [7, 11) is 0. The summed E-state index contributed by atoms with van der Waals surface area (Å²) in [4.78, 5) is 24.7. The summed E-state index contributed by atoms with van der Waals surface area (Å²) < 4.78 is 0. The molecule has 108 valence electrons. The zero-order valence-electron chi connectivity index (χ0n) is 11.9. The van der Waals surface area contributed by atoms with Crippen molar-refractivity contribution in [3.05, 3.63) is 22.5 Å². The number of carbonyl (C=O) groups is 2. The van der Waals surface area contributed by atoms with Crippen molar-refractivity contribution in [2.24, 2.45) is 5.92 Å². The monoisotopic (exact) mass is 274 g/mol. The molecule has 0 heterocycles. The van der Waals surface area contributed by atoms with Crippen LogP contribution in [0, 0.1) is 5.92 Å². The highest BCUT2D eigenvalue weighted by molar-refractivity contribution is 6.50. The van der Waals surface area contributed by atoms with Gasteiger partial charge in [-0.05, 0) is 44.4 Å². The zero-order valence-corrected chi connectivity index (χ0v) is 11.9. The van der Waals surface area contributed by atoms with Crippen molar-refractivity contribution in [3.8, 4) is 0 Å². The highest BCUT2D eigenvalue weighted by Crippen LogP contribution is 2.40. The molecule has 0 spiro atoms. The van der Waals surface area contributed by atoms with Crippen LogP contribution in [-0.4, -0.2) is 16.7 Å². The van der Waals surface area contributed by atoms with Crippen LogP contribution in [0.25, 0.3) is 0 Å². The average molecular weight is 274 g/mol. The molecule has 1 fully saturated rings. The summed E-state index contributed by atoms with van der Waals surface area (Å²) in [6.07, 6.45) is 9.79. The van der Waals surface area contributed by atoms with Crippen molar-refractivity contribution in [1.82, 2.24) is 0 Å². The smallest absolute Gasteiger partial charge is 0.233 e. The van der Waals surface area contributed by atoms with Gasteiger partial charge in [-0.2, -0.15) is 0 Å². The van der Waals surface area contributed by atoms with Gasteiger partial charge in [0, 0.05) is 16.7 Å². The van der Waals surface area contributed by atoms with Crippen LogP contribution in [0.1, 0.15) is 64.2 Å². The van der Waals surface area contributed by atoms with Crippen LogP contribution in [0.3, 0.4) is 0 Å². The zero-order chi connectivity index (χ0) is 14.1. The van der Waals surface area contributed by atoms with Crippen LogP contribution in [0.2, 0.25) is 0 Å². The second-order valence-electron chi connectivity index (χ2n) is 6.27. The van der Waals surface area contributed by atoms with Gasteiger partial charge in [0.2, 0.25) is 11.6 Å². The lowest BCUT2D eigenvalue weighted by molar-refractivity contribution is -0.133. The highest BCUT2D eigenvalue weighted by Gasteiger charge is 2.38. The SMILES string of the molecule is O=C1C(=O)C(C2CCCCCC2)=C(O)C2=C1CCCC2. The molecule has 0 bridgehead atoms. The Kier molecular flexibility index (Phi) is 3.77. The Bertz CT molecular complexity index is 502. The highest BCUT2D eigenvalue weighted by atomic mass is 16.3. The largest absolute Gasteiger partial charge is 0.507 e. The topological polar surface area (TPSA) is 54.4 Å². The van der Waals surface area contributed by atoms with E-state index in [2.05, 4.69) is 0 Å². The Hall–Kier alpha value is -1.38. The van der Waals surface area contributed by atoms with E-state index in [1.165, 1.54) is 12.8 Å². The molecule has 0 aromatic carbocycles. The van der Waals surface area contributed by atoms with Gasteiger partial charge in [0.1, 0.15) is 5.76 Å². The number of carbonyl (C=O) groups excluding carboxylic acids is 2. The van der Waals surface area contributed by atoms with E-state index in [4.69, 9.17) is 0 Å². The maximum absolute atomic E-state index is 12.4. The molecule has 3 nitrogen and oxygen atoms in total. The van der Waals surface area contributed by atoms with Gasteiger partial charge in [-0.15, -0.1) is 0 Å². The minimum absolute atomic E-state index is 0.0879. The maximum Gasteiger partial charge on any atom is 0.233 e. The second-order valence-corrected chi connectivity index (χ2v) is 6.27. The van der Waals surface area contributed by atoms with E-state index in [0.29, 0.717) is 17.6 Å². The summed E-state index contributed by atoms with van der Waals surface area (Å²) in [6, 6.07) is 0. The van der Waals surface area contributed by atoms with Crippen LogP contribution in [0.5, 0.6) is 0 Å². The molecule has 1 N–H and O–H groups in total. The normalized spacial score (nSPS) is 25.8. The van der Waals surface area contributed by atoms with E-state index in [9.17, 15) is 14.7 Å². The van der Waals surface area contributed by atoms with Gasteiger partial charge in [-0.1, -0.05) is 25.7 Å². The number of Topliss-reactive ketones (excluding diaryl/α,β-unsaturated/α-hetero) is 2. The van der Waals surface area contributed by atoms with Gasteiger partial charge in [0.15, 0.2) is 0 Å². The van der Waals surface area contributed by atoms with E-state index >= 15 is 0 Å². The number of hydrogen-bond acceptors (Lipinski definition) is 3. The summed E-state index contributed by atoms with van der Waals surface area (Å²) in [5.74, 6) is -0.507. The third kappa shape index (κ3) is 2.23. The molecule has 0 aromatic rings. The van der Waals surface area contributed by atoms with Gasteiger partial charge < -0.3 is 5.11 Å². The van der Waals surface area contributed by atoms with E-state index in [1.54, 1.807) is 0 Å². The number of allylic oxidation sites excluding steroid dienone is 3. The molecule has 0 amide bonds. The number of aliphatic hydroxyl groups is 1. The van der Waals surface area contributed by atoms with Crippen molar-refractivity contribution in [2.45, 2.75) is 64.2 Å². The van der Waals surface area contributed by atoms with Crippen molar-refractivity contribution in [2.75, 3.05) is 0 Å². The van der Waals surface area contributed by atoms with E-state index in [0.717, 1.165) is 50.5 Å². The minimum atomic E-state index is -0.421. The third-order valence-corrected chi connectivity index (χ3v) is 5.00. The van der Waals surface area contributed by atoms with Crippen LogP contribution in [0.4, 0.5) is 0 Å². The average Bonchev–Trinajstić information content (AvgIpc) is 2.74. The van der Waals surface area contributed by atoms with Crippen molar-refractivity contribution in [3.63, 3.8) is 0 Å². The maximum atomic E-state index is 12.4. The van der Waals surface area contributed by atoms with E-state index < -0.39 is 5.78 Å². The molecule has 3 aliphatic carbocycles. The first-order chi connectivity index (χ1) is 9.70. The first-order valence-corrected chi connectivity index (χ1v) is 7.94. The van der Waals surface area contributed by atoms with Crippen molar-refractivity contribution >= 4 is 11.6 Å². The van der Waals surface area contributed by atoms with Crippen molar-refractivity contribution < 1.29 is 14.7 Å². The molecule has 0 unspecified atom stereocenters. The Morgan fingerprint density at radius 2 is 1.35 bits per heavy atom. The molecule has 0 aliphatic heterocycles. The molecular weight excluding hydrogens is 252 g/mol. The van der Waals surface area contributed by atoms with Gasteiger partial charge in [-0.3, -0.25) is 9.59 Å². The predicted octanol–water partition coefficient (Wildman–Crippen LogP) is 3.79. The summed E-state index contributed by atoms with van der Waals surface area (Å²) in [5, 5.41) is 10.5. The summed E-state index contributed by atoms with van der Waals surface area (Å²) >= 11 is 0. The second kappa shape index (κ2) is 5.55. The van der Waals surface area contributed by atoms with Gasteiger partial charge in [0.25, 0.3) is 0 Å². The fourth-order valence-corrected chi connectivity index (χ4v) is 3.89. The van der Waals surface area contributed by atoms with Gasteiger partial charge >= 0.3 is 0 Å². The van der Waals surface area contributed by atoms with Gasteiger partial charge in [-0.25, -0.2) is 0 Å². The molecule has 3 aliphatic rings. The molecule has 0 radical (unpaired) electrons. The van der Waals surface area contributed by atoms with E-state index in [-0.39, 0.29) is 17.5 Å². The first kappa shape index (κ1) is 13.6. The quantitative estimate of drug-likeness (QED) is 0.449. The molecule has 0 atom stereocenters.